The van der Waals surface area contributed by atoms with Crippen molar-refractivity contribution in [3.8, 4) is 11.5 Å². The molecule has 27 heavy (non-hydrogen) atoms. The van der Waals surface area contributed by atoms with Gasteiger partial charge in [-0.05, 0) is 48.4 Å². The summed E-state index contributed by atoms with van der Waals surface area (Å²) in [5, 5.41) is 2.75. The molecular weight excluding hydrogens is 348 g/mol. The number of Topliss-reactive ketones (excluding diaryl/α,β-unsaturated/α-hetero) is 1. The average molecular weight is 366 g/mol. The topological polar surface area (TPSA) is 84.9 Å². The minimum Gasteiger partial charge on any atom is -0.454 e. The lowest BCUT2D eigenvalue weighted by molar-refractivity contribution is -0.107. The van der Waals surface area contributed by atoms with Crippen molar-refractivity contribution in [1.82, 2.24) is 5.32 Å². The first kappa shape index (κ1) is 17.1. The van der Waals surface area contributed by atoms with Crippen molar-refractivity contribution in [2.75, 3.05) is 24.8 Å². The van der Waals surface area contributed by atoms with E-state index >= 15 is 0 Å². The maximum absolute atomic E-state index is 12.4. The Labute approximate surface area is 155 Å². The summed E-state index contributed by atoms with van der Waals surface area (Å²) in [5.41, 5.74) is 2.91. The molecule has 2 aliphatic heterocycles. The predicted molar refractivity (Wildman–Crippen MR) is 97.4 cm³/mol. The zero-order chi connectivity index (χ0) is 18.8. The lowest BCUT2D eigenvalue weighted by Crippen LogP contribution is -2.26. The summed E-state index contributed by atoms with van der Waals surface area (Å²) < 4.78 is 10.5. The van der Waals surface area contributed by atoms with Crippen LogP contribution in [0, 0.1) is 0 Å². The van der Waals surface area contributed by atoms with E-state index in [0.29, 0.717) is 29.2 Å². The lowest BCUT2D eigenvalue weighted by atomic mass is 10.0. The van der Waals surface area contributed by atoms with Crippen LogP contribution in [0.25, 0.3) is 0 Å². The highest BCUT2D eigenvalue weighted by molar-refractivity contribution is 5.98. The quantitative estimate of drug-likeness (QED) is 0.624. The molecule has 0 bridgehead atoms. The molecule has 2 heterocycles. The molecule has 0 saturated carbocycles. The summed E-state index contributed by atoms with van der Waals surface area (Å²) in [4.78, 5) is 37.2. The first-order valence-corrected chi connectivity index (χ1v) is 8.71. The third-order valence-corrected chi connectivity index (χ3v) is 4.73. The van der Waals surface area contributed by atoms with Gasteiger partial charge in [0.1, 0.15) is 0 Å². The maximum atomic E-state index is 12.4. The molecule has 7 heteroatoms. The summed E-state index contributed by atoms with van der Waals surface area (Å²) in [7, 11) is 0. The first-order chi connectivity index (χ1) is 13.2. The number of hydrogen-bond acceptors (Lipinski definition) is 5. The smallest absolute Gasteiger partial charge is 0.251 e. The van der Waals surface area contributed by atoms with Crippen molar-refractivity contribution in [3.63, 3.8) is 0 Å². The van der Waals surface area contributed by atoms with Crippen molar-refractivity contribution in [2.45, 2.75) is 12.8 Å². The van der Waals surface area contributed by atoms with Gasteiger partial charge < -0.3 is 19.7 Å². The van der Waals surface area contributed by atoms with E-state index in [0.717, 1.165) is 24.1 Å². The molecule has 2 aromatic rings. The Morgan fingerprint density at radius 2 is 1.89 bits per heavy atom. The highest BCUT2D eigenvalue weighted by Gasteiger charge is 2.20. The normalized spacial score (nSPS) is 14.0. The Morgan fingerprint density at radius 1 is 1.07 bits per heavy atom. The van der Waals surface area contributed by atoms with E-state index in [1.807, 2.05) is 6.07 Å². The van der Waals surface area contributed by atoms with Gasteiger partial charge in [-0.15, -0.1) is 0 Å². The van der Waals surface area contributed by atoms with Crippen LogP contribution in [0.15, 0.2) is 36.4 Å². The van der Waals surface area contributed by atoms with E-state index in [2.05, 4.69) is 5.32 Å². The number of nitrogens with one attached hydrogen (secondary N) is 1. The second kappa shape index (κ2) is 7.11. The zero-order valence-corrected chi connectivity index (χ0v) is 14.6. The molecule has 0 atom stereocenters. The maximum Gasteiger partial charge on any atom is 0.251 e. The van der Waals surface area contributed by atoms with E-state index in [4.69, 9.17) is 9.47 Å². The Hall–Kier alpha value is -3.35. The molecule has 0 unspecified atom stereocenters. The van der Waals surface area contributed by atoms with Crippen LogP contribution < -0.4 is 19.7 Å². The number of fused-ring (bicyclic) bond motifs is 2. The van der Waals surface area contributed by atoms with Crippen LogP contribution in [0.4, 0.5) is 5.69 Å². The molecule has 2 aliphatic rings. The minimum absolute atomic E-state index is 0.0478. The van der Waals surface area contributed by atoms with E-state index in [1.165, 1.54) is 0 Å². The first-order valence-electron chi connectivity index (χ1n) is 8.71. The number of nitrogens with zero attached hydrogens (tertiary/aromatic N) is 1. The molecular formula is C20H18N2O5. The summed E-state index contributed by atoms with van der Waals surface area (Å²) in [5.74, 6) is 0.845. The SMILES string of the molecule is O=CN1CCc2cc(C(=O)CCNC(=O)c3ccc4c(c3)OCO4)ccc21. The molecule has 4 rings (SSSR count). The third kappa shape index (κ3) is 3.36. The number of carbonyl (C=O) groups is 3. The van der Waals surface area contributed by atoms with Crippen molar-refractivity contribution in [1.29, 1.82) is 0 Å². The average Bonchev–Trinajstić information content (AvgIpc) is 3.32. The number of anilines is 1. The molecule has 0 aliphatic carbocycles. The Morgan fingerprint density at radius 3 is 2.74 bits per heavy atom. The highest BCUT2D eigenvalue weighted by Crippen LogP contribution is 2.32. The predicted octanol–water partition coefficient (Wildman–Crippen LogP) is 1.94. The second-order valence-corrected chi connectivity index (χ2v) is 6.39. The molecule has 0 saturated heterocycles. The largest absolute Gasteiger partial charge is 0.454 e. The van der Waals surface area contributed by atoms with E-state index in [1.54, 1.807) is 35.2 Å². The highest BCUT2D eigenvalue weighted by atomic mass is 16.7. The van der Waals surface area contributed by atoms with Gasteiger partial charge in [-0.1, -0.05) is 0 Å². The van der Waals surface area contributed by atoms with Gasteiger partial charge in [0.2, 0.25) is 13.2 Å². The van der Waals surface area contributed by atoms with E-state index in [-0.39, 0.29) is 31.4 Å². The van der Waals surface area contributed by atoms with E-state index in [9.17, 15) is 14.4 Å². The molecule has 7 nitrogen and oxygen atoms in total. The Balaban J connectivity index is 1.33. The molecule has 0 spiro atoms. The number of benzene rings is 2. The fourth-order valence-corrected chi connectivity index (χ4v) is 3.28. The number of amides is 2. The summed E-state index contributed by atoms with van der Waals surface area (Å²) in [6.07, 6.45) is 1.75. The van der Waals surface area contributed by atoms with Crippen LogP contribution in [-0.2, 0) is 11.2 Å². The van der Waals surface area contributed by atoms with Gasteiger partial charge in [0, 0.05) is 36.3 Å². The lowest BCUT2D eigenvalue weighted by Gasteiger charge is -2.10. The molecule has 1 N–H and O–H groups in total. The fraction of sp³-hybridized carbons (Fsp3) is 0.250. The van der Waals surface area contributed by atoms with Crippen LogP contribution in [0.1, 0.15) is 32.7 Å². The number of hydrogen-bond donors (Lipinski definition) is 1. The van der Waals surface area contributed by atoms with Crippen LogP contribution in [0.5, 0.6) is 11.5 Å². The van der Waals surface area contributed by atoms with Crippen molar-refractivity contribution < 1.29 is 23.9 Å². The summed E-state index contributed by atoms with van der Waals surface area (Å²) in [6.45, 7) is 1.03. The van der Waals surface area contributed by atoms with Crippen LogP contribution >= 0.6 is 0 Å². The van der Waals surface area contributed by atoms with Gasteiger partial charge in [-0.25, -0.2) is 0 Å². The Bertz CT molecular complexity index is 925. The van der Waals surface area contributed by atoms with E-state index < -0.39 is 0 Å². The third-order valence-electron chi connectivity index (χ3n) is 4.73. The zero-order valence-electron chi connectivity index (χ0n) is 14.6. The number of ether oxygens (including phenoxy) is 2. The van der Waals surface area contributed by atoms with Gasteiger partial charge in [0.25, 0.3) is 5.91 Å². The van der Waals surface area contributed by atoms with Crippen LogP contribution in [-0.4, -0.2) is 38.0 Å². The van der Waals surface area contributed by atoms with Crippen molar-refractivity contribution >= 4 is 23.8 Å². The van der Waals surface area contributed by atoms with Crippen molar-refractivity contribution in [2.24, 2.45) is 0 Å². The van der Waals surface area contributed by atoms with Crippen molar-refractivity contribution in [3.05, 3.63) is 53.1 Å². The standard InChI is InChI=1S/C20H18N2O5/c23-11-22-8-6-13-9-14(1-3-16(13)22)17(24)5-7-21-20(25)15-2-4-18-19(10-15)27-12-26-18/h1-4,9-11H,5-8,12H2,(H,21,25). The number of ketones is 1. The molecule has 0 radical (unpaired) electrons. The number of rotatable bonds is 6. The van der Waals surface area contributed by atoms with Crippen LogP contribution in [0.2, 0.25) is 0 Å². The monoisotopic (exact) mass is 366 g/mol. The van der Waals surface area contributed by atoms with Gasteiger partial charge in [0.15, 0.2) is 17.3 Å². The molecule has 0 fully saturated rings. The molecule has 2 aromatic carbocycles. The minimum atomic E-state index is -0.267. The Kier molecular flexibility index (Phi) is 4.50. The van der Waals surface area contributed by atoms with Gasteiger partial charge in [-0.3, -0.25) is 14.4 Å². The summed E-state index contributed by atoms with van der Waals surface area (Å²) in [6, 6.07) is 10.3. The summed E-state index contributed by atoms with van der Waals surface area (Å²) >= 11 is 0. The molecule has 0 aromatic heterocycles. The number of carbonyl (C=O) groups excluding carboxylic acids is 3. The molecule has 138 valence electrons. The molecule has 2 amide bonds. The van der Waals surface area contributed by atoms with Gasteiger partial charge >= 0.3 is 0 Å². The second-order valence-electron chi connectivity index (χ2n) is 6.39. The van der Waals surface area contributed by atoms with Gasteiger partial charge in [0.05, 0.1) is 0 Å². The van der Waals surface area contributed by atoms with Gasteiger partial charge in [-0.2, -0.15) is 0 Å². The fourth-order valence-electron chi connectivity index (χ4n) is 3.28. The van der Waals surface area contributed by atoms with Crippen LogP contribution in [0.3, 0.4) is 0 Å².